The molecule has 0 fully saturated rings. The van der Waals surface area contributed by atoms with E-state index in [1.165, 1.54) is 0 Å². The van der Waals surface area contributed by atoms with Crippen LogP contribution >= 0.6 is 0 Å². The number of esters is 1. The summed E-state index contributed by atoms with van der Waals surface area (Å²) in [6, 6.07) is 5.53. The van der Waals surface area contributed by atoms with Crippen LogP contribution in [0.25, 0.3) is 10.8 Å². The van der Waals surface area contributed by atoms with Crippen molar-refractivity contribution < 1.29 is 19.4 Å². The Kier molecular flexibility index (Phi) is 6.05. The molecule has 3 rings (SSSR count). The van der Waals surface area contributed by atoms with Crippen LogP contribution in [0.1, 0.15) is 39.0 Å². The van der Waals surface area contributed by atoms with Crippen molar-refractivity contribution in [3.63, 3.8) is 0 Å². The van der Waals surface area contributed by atoms with E-state index in [4.69, 9.17) is 4.74 Å². The van der Waals surface area contributed by atoms with Gasteiger partial charge in [-0.3, -0.25) is 9.59 Å². The van der Waals surface area contributed by atoms with E-state index in [0.717, 1.165) is 31.6 Å². The summed E-state index contributed by atoms with van der Waals surface area (Å²) in [7, 11) is 0. The summed E-state index contributed by atoms with van der Waals surface area (Å²) in [5, 5.41) is 21.4. The standard InChI is InChI=1S/C19H24N4O4/c1-2-23-11-4-3-10-20-16(24)6-5-7-17(25)27-19-15-12-13(23)8-9-14(15)18(26)21-22-19/h8-9,12H,2-7,10-11H2,1H3,(H,20,24)(H,21,26). The molecule has 8 heteroatoms. The average Bonchev–Trinajstić information content (AvgIpc) is 2.66. The van der Waals surface area contributed by atoms with E-state index in [0.29, 0.717) is 23.7 Å². The van der Waals surface area contributed by atoms with E-state index in [-0.39, 0.29) is 30.5 Å². The van der Waals surface area contributed by atoms with Crippen molar-refractivity contribution >= 4 is 28.3 Å². The molecule has 1 amide bonds. The van der Waals surface area contributed by atoms with Gasteiger partial charge in [-0.1, -0.05) is 0 Å². The lowest BCUT2D eigenvalue weighted by Crippen LogP contribution is -2.27. The third-order valence-electron chi connectivity index (χ3n) is 4.63. The Hall–Kier alpha value is -2.90. The molecule has 0 radical (unpaired) electrons. The first-order valence-electron chi connectivity index (χ1n) is 9.30. The van der Waals surface area contributed by atoms with Gasteiger partial charge in [-0.15, -0.1) is 10.2 Å². The number of aromatic nitrogens is 2. The third-order valence-corrected chi connectivity index (χ3v) is 4.63. The summed E-state index contributed by atoms with van der Waals surface area (Å²) in [5.74, 6) is -0.666. The Labute approximate surface area is 157 Å². The van der Waals surface area contributed by atoms with E-state index in [1.54, 1.807) is 6.07 Å². The van der Waals surface area contributed by atoms with Gasteiger partial charge in [0, 0.05) is 38.2 Å². The van der Waals surface area contributed by atoms with Crippen LogP contribution in [0.15, 0.2) is 18.2 Å². The van der Waals surface area contributed by atoms with Gasteiger partial charge in [0.15, 0.2) is 0 Å². The number of carbonyl (C=O) groups excluding carboxylic acids is 2. The fourth-order valence-electron chi connectivity index (χ4n) is 3.14. The molecule has 8 nitrogen and oxygen atoms in total. The quantitative estimate of drug-likeness (QED) is 0.739. The molecule has 0 spiro atoms. The summed E-state index contributed by atoms with van der Waals surface area (Å²) in [6.45, 7) is 4.33. The van der Waals surface area contributed by atoms with E-state index in [1.807, 2.05) is 12.1 Å². The zero-order valence-electron chi connectivity index (χ0n) is 15.4. The topological polar surface area (TPSA) is 105 Å². The first kappa shape index (κ1) is 18.9. The highest BCUT2D eigenvalue weighted by Gasteiger charge is 2.16. The van der Waals surface area contributed by atoms with Gasteiger partial charge in [0.2, 0.25) is 17.7 Å². The van der Waals surface area contributed by atoms with Crippen molar-refractivity contribution in [1.29, 1.82) is 0 Å². The Morgan fingerprint density at radius 3 is 2.81 bits per heavy atom. The van der Waals surface area contributed by atoms with E-state index in [9.17, 15) is 14.7 Å². The lowest BCUT2D eigenvalue weighted by Gasteiger charge is -2.24. The fraction of sp³-hybridized carbons (Fsp3) is 0.474. The molecule has 2 bridgehead atoms. The molecule has 0 saturated heterocycles. The number of nitrogens with one attached hydrogen (secondary N) is 1. The Balaban J connectivity index is 1.96. The number of aromatic hydroxyl groups is 1. The molecule has 1 aliphatic rings. The molecule has 27 heavy (non-hydrogen) atoms. The number of nitrogens with zero attached hydrogens (tertiary/aromatic N) is 3. The van der Waals surface area contributed by atoms with Gasteiger partial charge < -0.3 is 20.1 Å². The lowest BCUT2D eigenvalue weighted by atomic mass is 10.1. The second kappa shape index (κ2) is 8.66. The maximum Gasteiger partial charge on any atom is 0.312 e. The highest BCUT2D eigenvalue weighted by atomic mass is 16.5. The first-order valence-corrected chi connectivity index (χ1v) is 9.30. The Morgan fingerprint density at radius 1 is 1.15 bits per heavy atom. The number of fused-ring (bicyclic) bond motifs is 1. The largest absolute Gasteiger partial charge is 0.492 e. The maximum atomic E-state index is 12.1. The van der Waals surface area contributed by atoms with Crippen molar-refractivity contribution in [2.75, 3.05) is 24.5 Å². The SMILES string of the molecule is CCN1CCCCNC(=O)CCCC(=O)Oc2nnc(O)c3ccc1cc23. The van der Waals surface area contributed by atoms with E-state index >= 15 is 0 Å². The second-order valence-electron chi connectivity index (χ2n) is 6.52. The molecular formula is C19H24N4O4. The molecule has 1 aromatic carbocycles. The molecule has 2 aromatic rings. The molecule has 1 aliphatic heterocycles. The Morgan fingerprint density at radius 2 is 2.00 bits per heavy atom. The van der Waals surface area contributed by atoms with Crippen molar-refractivity contribution in [2.45, 2.75) is 39.0 Å². The van der Waals surface area contributed by atoms with Gasteiger partial charge in [0.05, 0.1) is 10.8 Å². The molecular weight excluding hydrogens is 348 g/mol. The van der Waals surface area contributed by atoms with Gasteiger partial charge in [0.25, 0.3) is 0 Å². The number of hydrogen-bond donors (Lipinski definition) is 2. The second-order valence-corrected chi connectivity index (χ2v) is 6.52. The number of amides is 1. The summed E-state index contributed by atoms with van der Waals surface area (Å²) in [4.78, 5) is 26.1. The fourth-order valence-corrected chi connectivity index (χ4v) is 3.14. The van der Waals surface area contributed by atoms with Gasteiger partial charge in [0.1, 0.15) is 0 Å². The third kappa shape index (κ3) is 4.64. The van der Waals surface area contributed by atoms with Crippen LogP contribution < -0.4 is 15.0 Å². The van der Waals surface area contributed by atoms with Crippen LogP contribution in [0.5, 0.6) is 11.8 Å². The van der Waals surface area contributed by atoms with Crippen LogP contribution in [-0.2, 0) is 9.59 Å². The molecule has 144 valence electrons. The normalized spacial score (nSPS) is 17.0. The summed E-state index contributed by atoms with van der Waals surface area (Å²) < 4.78 is 5.37. The molecule has 0 aliphatic carbocycles. The van der Waals surface area contributed by atoms with Crippen molar-refractivity contribution in [3.8, 4) is 11.8 Å². The van der Waals surface area contributed by atoms with Gasteiger partial charge in [-0.2, -0.15) is 0 Å². The number of benzene rings is 1. The van der Waals surface area contributed by atoms with Gasteiger partial charge in [-0.25, -0.2) is 0 Å². The highest BCUT2D eigenvalue weighted by Crippen LogP contribution is 2.32. The number of hydrogen-bond acceptors (Lipinski definition) is 7. The van der Waals surface area contributed by atoms with Crippen LogP contribution in [0, 0.1) is 0 Å². The molecule has 2 N–H and O–H groups in total. The van der Waals surface area contributed by atoms with Crippen LogP contribution in [0.4, 0.5) is 5.69 Å². The van der Waals surface area contributed by atoms with E-state index in [2.05, 4.69) is 27.3 Å². The summed E-state index contributed by atoms with van der Waals surface area (Å²) in [6.07, 6.45) is 2.62. The minimum Gasteiger partial charge on any atom is -0.492 e. The smallest absolute Gasteiger partial charge is 0.312 e. The van der Waals surface area contributed by atoms with Crippen molar-refractivity contribution in [1.82, 2.24) is 15.5 Å². The van der Waals surface area contributed by atoms with Crippen LogP contribution in [0.3, 0.4) is 0 Å². The van der Waals surface area contributed by atoms with Crippen LogP contribution in [-0.4, -0.2) is 46.8 Å². The van der Waals surface area contributed by atoms with E-state index < -0.39 is 5.97 Å². The molecule has 1 aromatic heterocycles. The number of ether oxygens (including phenoxy) is 1. The molecule has 0 atom stereocenters. The Bertz CT molecular complexity index is 840. The van der Waals surface area contributed by atoms with Gasteiger partial charge >= 0.3 is 5.97 Å². The number of carbonyl (C=O) groups is 2. The minimum atomic E-state index is -0.478. The van der Waals surface area contributed by atoms with Gasteiger partial charge in [-0.05, 0) is 44.4 Å². The summed E-state index contributed by atoms with van der Waals surface area (Å²) >= 11 is 0. The lowest BCUT2D eigenvalue weighted by molar-refractivity contribution is -0.134. The van der Waals surface area contributed by atoms with Crippen LogP contribution in [0.2, 0.25) is 0 Å². The number of rotatable bonds is 1. The van der Waals surface area contributed by atoms with Crippen molar-refractivity contribution in [3.05, 3.63) is 18.2 Å². The zero-order valence-corrected chi connectivity index (χ0v) is 15.4. The highest BCUT2D eigenvalue weighted by molar-refractivity contribution is 5.94. The molecule has 2 heterocycles. The monoisotopic (exact) mass is 372 g/mol. The maximum absolute atomic E-state index is 12.1. The molecule has 0 unspecified atom stereocenters. The summed E-state index contributed by atoms with van der Waals surface area (Å²) in [5.41, 5.74) is 0.950. The number of anilines is 1. The zero-order chi connectivity index (χ0) is 19.2. The minimum absolute atomic E-state index is 0.0562. The van der Waals surface area contributed by atoms with Crippen molar-refractivity contribution in [2.24, 2.45) is 0 Å². The predicted octanol–water partition coefficient (Wildman–Crippen LogP) is 2.15. The first-order chi connectivity index (χ1) is 13.1. The average molecular weight is 372 g/mol. The predicted molar refractivity (Wildman–Crippen MR) is 101 cm³/mol. The molecule has 0 saturated carbocycles.